The Balaban J connectivity index is 0.972. The molecule has 0 heterocycles. The Kier molecular flexibility index (Phi) is 9.88. The first-order valence-electron chi connectivity index (χ1n) is 17.6. The minimum atomic E-state index is 0.817. The van der Waals surface area contributed by atoms with E-state index >= 15 is 0 Å². The molecule has 5 fully saturated rings. The third kappa shape index (κ3) is 6.76. The van der Waals surface area contributed by atoms with E-state index in [1.54, 1.807) is 116 Å². The van der Waals surface area contributed by atoms with Crippen molar-refractivity contribution >= 4 is 0 Å². The van der Waals surface area contributed by atoms with Gasteiger partial charge in [0.25, 0.3) is 0 Å². The highest BCUT2D eigenvalue weighted by Crippen LogP contribution is 2.67. The van der Waals surface area contributed by atoms with Crippen LogP contribution in [0.5, 0.6) is 0 Å². The molecule has 5 rings (SSSR count). The highest BCUT2D eigenvalue weighted by molar-refractivity contribution is 5.07. The maximum absolute atomic E-state index is 2.35. The van der Waals surface area contributed by atoms with Crippen LogP contribution in [0, 0.1) is 46.3 Å². The number of hydrogen-bond donors (Lipinski definition) is 0. The summed E-state index contributed by atoms with van der Waals surface area (Å²) in [6.07, 6.45) is 40.6. The van der Waals surface area contributed by atoms with Gasteiger partial charge in [-0.2, -0.15) is 0 Å². The average Bonchev–Trinajstić information content (AvgIpc) is 2.90. The lowest BCUT2D eigenvalue weighted by Gasteiger charge is -2.62. The van der Waals surface area contributed by atoms with Gasteiger partial charge >= 0.3 is 0 Å². The highest BCUT2D eigenvalue weighted by atomic mass is 14.6. The molecular weight excluding hydrogens is 432 g/mol. The van der Waals surface area contributed by atoms with Gasteiger partial charge in [0.05, 0.1) is 0 Å². The first-order chi connectivity index (χ1) is 17.6. The first kappa shape index (κ1) is 27.6. The van der Waals surface area contributed by atoms with Gasteiger partial charge in [-0.05, 0) is 136 Å². The van der Waals surface area contributed by atoms with Gasteiger partial charge in [0.2, 0.25) is 0 Å². The fourth-order valence-electron chi connectivity index (χ4n) is 11.0. The lowest BCUT2D eigenvalue weighted by Crippen LogP contribution is -2.50. The molecule has 0 radical (unpaired) electrons. The largest absolute Gasteiger partial charge is 0.0654 e. The van der Waals surface area contributed by atoms with E-state index in [1.807, 2.05) is 0 Å². The summed E-state index contributed by atoms with van der Waals surface area (Å²) in [5.74, 6) is 6.61. The third-order valence-corrected chi connectivity index (χ3v) is 13.2. The van der Waals surface area contributed by atoms with Gasteiger partial charge in [-0.1, -0.05) is 90.9 Å². The summed E-state index contributed by atoms with van der Waals surface area (Å²) in [6.45, 7) is 4.70. The van der Waals surface area contributed by atoms with E-state index in [2.05, 4.69) is 13.8 Å². The molecule has 0 amide bonds. The molecule has 2 spiro atoms. The summed E-state index contributed by atoms with van der Waals surface area (Å²) in [6, 6.07) is 0. The smallest absolute Gasteiger partial charge is 0.0287 e. The molecule has 0 unspecified atom stereocenters. The van der Waals surface area contributed by atoms with Crippen LogP contribution in [0.25, 0.3) is 0 Å². The normalized spacial score (nSPS) is 43.5. The summed E-state index contributed by atoms with van der Waals surface area (Å²) in [4.78, 5) is 0. The molecule has 0 nitrogen and oxygen atoms in total. The van der Waals surface area contributed by atoms with Gasteiger partial charge < -0.3 is 0 Å². The van der Waals surface area contributed by atoms with Crippen molar-refractivity contribution in [2.45, 2.75) is 181 Å². The minimum absolute atomic E-state index is 0.817. The predicted molar refractivity (Wildman–Crippen MR) is 157 cm³/mol. The van der Waals surface area contributed by atoms with Gasteiger partial charge in [-0.15, -0.1) is 0 Å². The fourth-order valence-corrected chi connectivity index (χ4v) is 11.0. The third-order valence-electron chi connectivity index (χ3n) is 13.2. The number of unbranched alkanes of at least 4 members (excludes halogenated alkanes) is 4. The molecule has 0 aromatic rings. The Morgan fingerprint density at radius 3 is 1.08 bits per heavy atom. The van der Waals surface area contributed by atoms with E-state index in [9.17, 15) is 0 Å². The zero-order chi connectivity index (χ0) is 24.8. The van der Waals surface area contributed by atoms with Gasteiger partial charge in [-0.25, -0.2) is 0 Å². The number of hydrogen-bond acceptors (Lipinski definition) is 0. The van der Waals surface area contributed by atoms with Crippen LogP contribution >= 0.6 is 0 Å². The van der Waals surface area contributed by atoms with Crippen molar-refractivity contribution in [3.05, 3.63) is 0 Å². The van der Waals surface area contributed by atoms with E-state index in [1.165, 1.54) is 51.4 Å². The maximum Gasteiger partial charge on any atom is -0.0287 e. The Morgan fingerprint density at radius 2 is 0.750 bits per heavy atom. The Morgan fingerprint density at radius 1 is 0.417 bits per heavy atom. The van der Waals surface area contributed by atoms with Crippen LogP contribution in [0.1, 0.15) is 181 Å². The molecule has 0 aliphatic heterocycles. The van der Waals surface area contributed by atoms with Crippen molar-refractivity contribution in [2.24, 2.45) is 46.3 Å². The summed E-state index contributed by atoms with van der Waals surface area (Å²) in [7, 11) is 0. The number of rotatable bonds is 10. The van der Waals surface area contributed by atoms with E-state index in [4.69, 9.17) is 0 Å². The topological polar surface area (TPSA) is 0 Å². The Hall–Kier alpha value is 0. The first-order valence-corrected chi connectivity index (χ1v) is 17.6. The zero-order valence-corrected chi connectivity index (χ0v) is 24.8. The maximum atomic E-state index is 2.35. The zero-order valence-electron chi connectivity index (χ0n) is 24.8. The standard InChI is InChI=1S/C36H64/c1-3-5-7-9-29-11-15-31(16-12-29)33-19-23-35(24-20-33)27-36(28-35)25-21-34(22-26-36)32-17-13-30(14-18-32)10-8-6-4-2/h29-34H,3-28H2,1-2H3/t29-,30-,31-,32-,33?,34?,35?,36?. The van der Waals surface area contributed by atoms with Crippen LogP contribution in [0.15, 0.2) is 0 Å². The highest BCUT2D eigenvalue weighted by Gasteiger charge is 2.56. The van der Waals surface area contributed by atoms with Crippen molar-refractivity contribution in [2.75, 3.05) is 0 Å². The van der Waals surface area contributed by atoms with Crippen LogP contribution in [-0.4, -0.2) is 0 Å². The summed E-state index contributed by atoms with van der Waals surface area (Å²) < 4.78 is 0. The molecule has 36 heavy (non-hydrogen) atoms. The Labute approximate surface area is 226 Å². The lowest BCUT2D eigenvalue weighted by molar-refractivity contribution is -0.109. The van der Waals surface area contributed by atoms with Crippen LogP contribution in [0.2, 0.25) is 0 Å². The summed E-state index contributed by atoms with van der Waals surface area (Å²) in [5, 5.41) is 0. The van der Waals surface area contributed by atoms with E-state index in [0.717, 1.165) is 46.3 Å². The van der Waals surface area contributed by atoms with E-state index in [-0.39, 0.29) is 0 Å². The molecule has 208 valence electrons. The van der Waals surface area contributed by atoms with Crippen molar-refractivity contribution in [3.8, 4) is 0 Å². The molecule has 0 bridgehead atoms. The van der Waals surface area contributed by atoms with Crippen LogP contribution in [0.3, 0.4) is 0 Å². The Bertz CT molecular complexity index is 550. The van der Waals surface area contributed by atoms with Crippen LogP contribution in [0.4, 0.5) is 0 Å². The van der Waals surface area contributed by atoms with Gasteiger partial charge in [0.1, 0.15) is 0 Å². The van der Waals surface area contributed by atoms with Gasteiger partial charge in [-0.3, -0.25) is 0 Å². The average molecular weight is 497 g/mol. The molecule has 0 saturated heterocycles. The lowest BCUT2D eigenvalue weighted by atomic mass is 9.43. The minimum Gasteiger partial charge on any atom is -0.0654 e. The second kappa shape index (κ2) is 12.9. The van der Waals surface area contributed by atoms with E-state index in [0.29, 0.717) is 0 Å². The fraction of sp³-hybridized carbons (Fsp3) is 1.00. The van der Waals surface area contributed by atoms with Crippen molar-refractivity contribution in [3.63, 3.8) is 0 Å². The van der Waals surface area contributed by atoms with E-state index < -0.39 is 0 Å². The SMILES string of the molecule is CCCCC[C@H]1CC[C@H](C2CCC3(CC2)CC2(CCC([C@H]4CC[C@H](CCCCC)CC4)CC2)C3)CC1. The summed E-state index contributed by atoms with van der Waals surface area (Å²) in [5.41, 5.74) is 1.63. The van der Waals surface area contributed by atoms with Crippen molar-refractivity contribution < 1.29 is 0 Å². The molecule has 5 aliphatic rings. The molecule has 5 saturated carbocycles. The van der Waals surface area contributed by atoms with Crippen molar-refractivity contribution in [1.82, 2.24) is 0 Å². The van der Waals surface area contributed by atoms with Crippen molar-refractivity contribution in [1.29, 1.82) is 0 Å². The molecule has 0 aromatic carbocycles. The molecule has 0 N–H and O–H groups in total. The van der Waals surface area contributed by atoms with Gasteiger partial charge in [0, 0.05) is 0 Å². The summed E-state index contributed by atoms with van der Waals surface area (Å²) >= 11 is 0. The molecule has 0 aromatic heterocycles. The quantitative estimate of drug-likeness (QED) is 0.264. The molecule has 0 heteroatoms. The monoisotopic (exact) mass is 497 g/mol. The molecule has 5 aliphatic carbocycles. The van der Waals surface area contributed by atoms with Crippen LogP contribution in [-0.2, 0) is 0 Å². The second-order valence-electron chi connectivity index (χ2n) is 15.6. The van der Waals surface area contributed by atoms with Gasteiger partial charge in [0.15, 0.2) is 0 Å². The molecular formula is C36H64. The van der Waals surface area contributed by atoms with Crippen LogP contribution < -0.4 is 0 Å². The molecule has 0 atom stereocenters. The second-order valence-corrected chi connectivity index (χ2v) is 15.6. The predicted octanol–water partition coefficient (Wildman–Crippen LogP) is 11.9.